The highest BCUT2D eigenvalue weighted by molar-refractivity contribution is 6.33. The van der Waals surface area contributed by atoms with Crippen molar-refractivity contribution in [1.29, 1.82) is 0 Å². The van der Waals surface area contributed by atoms with Crippen LogP contribution in [0.1, 0.15) is 6.92 Å². The summed E-state index contributed by atoms with van der Waals surface area (Å²) in [6.45, 7) is 1.51. The number of halogens is 1. The Morgan fingerprint density at radius 2 is 2.25 bits per heavy atom. The van der Waals surface area contributed by atoms with Crippen molar-refractivity contribution in [3.05, 3.63) is 33.3 Å². The molecule has 0 aliphatic carbocycles. The molecule has 1 aromatic carbocycles. The maximum Gasteiger partial charge on any atom is 0.310 e. The van der Waals surface area contributed by atoms with Gasteiger partial charge in [0.2, 0.25) is 5.91 Å². The highest BCUT2D eigenvalue weighted by Crippen LogP contribution is 2.32. The predicted octanol–water partition coefficient (Wildman–Crippen LogP) is 1.53. The Morgan fingerprint density at radius 3 is 2.75 bits per heavy atom. The van der Waals surface area contributed by atoms with E-state index in [1.807, 2.05) is 0 Å². The molecule has 86 valence electrons. The Labute approximate surface area is 96.5 Å². The third-order valence-corrected chi connectivity index (χ3v) is 2.27. The summed E-state index contributed by atoms with van der Waals surface area (Å²) in [6.07, 6.45) is 0. The van der Waals surface area contributed by atoms with Crippen LogP contribution >= 0.6 is 11.6 Å². The summed E-state index contributed by atoms with van der Waals surface area (Å²) in [6, 6.07) is 3.70. The molecule has 0 aliphatic rings. The number of carbonyl (C=O) groups is 1. The van der Waals surface area contributed by atoms with Crippen LogP contribution in [0.3, 0.4) is 0 Å². The van der Waals surface area contributed by atoms with Gasteiger partial charge in [-0.25, -0.2) is 0 Å². The molecule has 0 saturated carbocycles. The van der Waals surface area contributed by atoms with Crippen LogP contribution in [0.4, 0.5) is 11.4 Å². The second kappa shape index (κ2) is 4.80. The van der Waals surface area contributed by atoms with E-state index in [1.54, 1.807) is 6.07 Å². The lowest BCUT2D eigenvalue weighted by Gasteiger charge is -2.11. The van der Waals surface area contributed by atoms with Crippen molar-refractivity contribution in [2.24, 2.45) is 5.73 Å². The molecule has 1 aromatic rings. The van der Waals surface area contributed by atoms with Crippen molar-refractivity contribution in [3.63, 3.8) is 0 Å². The molecule has 0 fully saturated rings. The number of nitrogens with one attached hydrogen (secondary N) is 1. The Morgan fingerprint density at radius 1 is 1.62 bits per heavy atom. The van der Waals surface area contributed by atoms with Gasteiger partial charge in [-0.15, -0.1) is 0 Å². The van der Waals surface area contributed by atoms with E-state index >= 15 is 0 Å². The van der Waals surface area contributed by atoms with Gasteiger partial charge in [-0.3, -0.25) is 14.9 Å². The van der Waals surface area contributed by atoms with Crippen LogP contribution < -0.4 is 11.1 Å². The molecule has 0 bridgehead atoms. The zero-order chi connectivity index (χ0) is 12.3. The Hall–Kier alpha value is -1.82. The minimum Gasteiger partial charge on any atom is -0.368 e. The minimum absolute atomic E-state index is 0.00618. The molecule has 0 aromatic heterocycles. The average Bonchev–Trinajstić information content (AvgIpc) is 2.16. The van der Waals surface area contributed by atoms with Crippen molar-refractivity contribution in [3.8, 4) is 0 Å². The molecule has 0 aliphatic heterocycles. The molecule has 0 saturated heterocycles. The van der Waals surface area contributed by atoms with E-state index in [1.165, 1.54) is 19.1 Å². The number of anilines is 1. The number of amides is 1. The van der Waals surface area contributed by atoms with Crippen LogP contribution in [0.25, 0.3) is 0 Å². The van der Waals surface area contributed by atoms with Crippen LogP contribution in [0, 0.1) is 10.1 Å². The van der Waals surface area contributed by atoms with Gasteiger partial charge >= 0.3 is 5.69 Å². The average molecular weight is 244 g/mol. The number of primary amides is 1. The first-order valence-electron chi connectivity index (χ1n) is 4.42. The van der Waals surface area contributed by atoms with E-state index < -0.39 is 16.9 Å². The molecule has 1 amide bonds. The summed E-state index contributed by atoms with van der Waals surface area (Å²) in [4.78, 5) is 21.0. The number of nitrogens with two attached hydrogens (primary N) is 1. The maximum absolute atomic E-state index is 10.8. The van der Waals surface area contributed by atoms with Gasteiger partial charge in [0.25, 0.3) is 0 Å². The first kappa shape index (κ1) is 12.3. The number of nitrogens with zero attached hydrogens (tertiary/aromatic N) is 1. The molecule has 0 spiro atoms. The van der Waals surface area contributed by atoms with Gasteiger partial charge in [-0.2, -0.15) is 0 Å². The Balaban J connectivity index is 3.09. The van der Waals surface area contributed by atoms with Gasteiger partial charge in [0.05, 0.1) is 4.92 Å². The molecule has 6 nitrogen and oxygen atoms in total. The lowest BCUT2D eigenvalue weighted by molar-refractivity contribution is -0.383. The molecule has 1 unspecified atom stereocenters. The van der Waals surface area contributed by atoms with Crippen LogP contribution in [0.2, 0.25) is 5.02 Å². The van der Waals surface area contributed by atoms with Gasteiger partial charge in [-0.05, 0) is 19.1 Å². The third-order valence-electron chi connectivity index (χ3n) is 1.97. The fourth-order valence-corrected chi connectivity index (χ4v) is 1.37. The molecular weight excluding hydrogens is 234 g/mol. The van der Waals surface area contributed by atoms with E-state index in [0.717, 1.165) is 0 Å². The SMILES string of the molecule is CC(Nc1cccc(Cl)c1[N+](=O)[O-])C(N)=O. The minimum atomic E-state index is -0.711. The summed E-state index contributed by atoms with van der Waals surface area (Å²) in [5.41, 5.74) is 4.95. The lowest BCUT2D eigenvalue weighted by atomic mass is 10.2. The first-order chi connectivity index (χ1) is 7.43. The number of para-hydroxylation sites is 1. The van der Waals surface area contributed by atoms with Gasteiger partial charge in [0.1, 0.15) is 16.8 Å². The molecule has 1 atom stereocenters. The van der Waals surface area contributed by atoms with Crippen molar-refractivity contribution >= 4 is 28.9 Å². The molecule has 16 heavy (non-hydrogen) atoms. The van der Waals surface area contributed by atoms with Gasteiger partial charge in [0.15, 0.2) is 0 Å². The summed E-state index contributed by atoms with van der Waals surface area (Å²) >= 11 is 5.69. The lowest BCUT2D eigenvalue weighted by Crippen LogP contribution is -2.32. The summed E-state index contributed by atoms with van der Waals surface area (Å²) in [5.74, 6) is -0.603. The summed E-state index contributed by atoms with van der Waals surface area (Å²) < 4.78 is 0. The number of hydrogen-bond acceptors (Lipinski definition) is 4. The van der Waals surface area contributed by atoms with Crippen LogP contribution in [-0.2, 0) is 4.79 Å². The van der Waals surface area contributed by atoms with E-state index in [0.29, 0.717) is 0 Å². The van der Waals surface area contributed by atoms with E-state index in [9.17, 15) is 14.9 Å². The fourth-order valence-electron chi connectivity index (χ4n) is 1.12. The molecule has 0 heterocycles. The highest BCUT2D eigenvalue weighted by atomic mass is 35.5. The Bertz CT molecular complexity index is 436. The predicted molar refractivity (Wildman–Crippen MR) is 60.4 cm³/mol. The Kier molecular flexibility index (Phi) is 3.68. The quantitative estimate of drug-likeness (QED) is 0.619. The topological polar surface area (TPSA) is 98.3 Å². The van der Waals surface area contributed by atoms with E-state index in [2.05, 4.69) is 5.32 Å². The van der Waals surface area contributed by atoms with Gasteiger partial charge < -0.3 is 11.1 Å². The number of hydrogen-bond donors (Lipinski definition) is 2. The zero-order valence-corrected chi connectivity index (χ0v) is 9.19. The smallest absolute Gasteiger partial charge is 0.310 e. The van der Waals surface area contributed by atoms with Crippen LogP contribution in [-0.4, -0.2) is 16.9 Å². The normalized spacial score (nSPS) is 11.9. The van der Waals surface area contributed by atoms with Crippen molar-refractivity contribution in [1.82, 2.24) is 0 Å². The van der Waals surface area contributed by atoms with Gasteiger partial charge in [0, 0.05) is 0 Å². The third kappa shape index (κ3) is 2.60. The zero-order valence-electron chi connectivity index (χ0n) is 8.44. The number of benzene rings is 1. The molecule has 0 radical (unpaired) electrons. The first-order valence-corrected chi connectivity index (χ1v) is 4.80. The maximum atomic E-state index is 10.8. The molecule has 7 heteroatoms. The van der Waals surface area contributed by atoms with Crippen molar-refractivity contribution in [2.45, 2.75) is 13.0 Å². The van der Waals surface area contributed by atoms with Crippen molar-refractivity contribution < 1.29 is 9.72 Å². The number of nitro groups is 1. The number of nitro benzene ring substituents is 1. The van der Waals surface area contributed by atoms with Crippen molar-refractivity contribution in [2.75, 3.05) is 5.32 Å². The second-order valence-corrected chi connectivity index (χ2v) is 3.57. The number of rotatable bonds is 4. The largest absolute Gasteiger partial charge is 0.368 e. The van der Waals surface area contributed by atoms with Crippen LogP contribution in [0.5, 0.6) is 0 Å². The summed E-state index contributed by atoms with van der Waals surface area (Å²) in [5, 5.41) is 13.4. The van der Waals surface area contributed by atoms with Crippen LogP contribution in [0.15, 0.2) is 18.2 Å². The van der Waals surface area contributed by atoms with Gasteiger partial charge in [-0.1, -0.05) is 17.7 Å². The molecule has 3 N–H and O–H groups in total. The van der Waals surface area contributed by atoms with E-state index in [4.69, 9.17) is 17.3 Å². The standard InChI is InChI=1S/C9H10ClN3O3/c1-5(9(11)14)12-7-4-2-3-6(10)8(7)13(15)16/h2-5,12H,1H3,(H2,11,14). The molecule has 1 rings (SSSR count). The molecular formula is C9H10ClN3O3. The fraction of sp³-hybridized carbons (Fsp3) is 0.222. The number of carbonyl (C=O) groups excluding carboxylic acids is 1. The summed E-state index contributed by atoms with van der Waals surface area (Å²) in [7, 11) is 0. The monoisotopic (exact) mass is 243 g/mol. The highest BCUT2D eigenvalue weighted by Gasteiger charge is 2.20. The second-order valence-electron chi connectivity index (χ2n) is 3.16. The van der Waals surface area contributed by atoms with E-state index in [-0.39, 0.29) is 16.4 Å².